The second-order valence-electron chi connectivity index (χ2n) is 7.25. The minimum atomic E-state index is -0.595. The smallest absolute Gasteiger partial charge is 0.286 e. The lowest BCUT2D eigenvalue weighted by Crippen LogP contribution is -2.33. The van der Waals surface area contributed by atoms with Crippen LogP contribution < -0.4 is 16.0 Å². The molecule has 1 saturated heterocycles. The molecule has 28 heavy (non-hydrogen) atoms. The first kappa shape index (κ1) is 18.3. The first-order chi connectivity index (χ1) is 13.5. The van der Waals surface area contributed by atoms with E-state index in [0.29, 0.717) is 6.04 Å². The summed E-state index contributed by atoms with van der Waals surface area (Å²) in [6, 6.07) is 10.6. The Morgan fingerprint density at radius 2 is 2.11 bits per heavy atom. The molecule has 2 aromatic heterocycles. The van der Waals surface area contributed by atoms with E-state index in [1.54, 1.807) is 0 Å². The third kappa shape index (κ3) is 3.53. The van der Waals surface area contributed by atoms with E-state index >= 15 is 0 Å². The zero-order valence-electron chi connectivity index (χ0n) is 16.1. The van der Waals surface area contributed by atoms with Crippen LogP contribution in [0.4, 0.5) is 5.82 Å². The van der Waals surface area contributed by atoms with Gasteiger partial charge in [0, 0.05) is 48.5 Å². The Labute approximate surface area is 164 Å². The van der Waals surface area contributed by atoms with Crippen molar-refractivity contribution in [3.05, 3.63) is 59.2 Å². The van der Waals surface area contributed by atoms with E-state index in [-0.39, 0.29) is 5.82 Å². The topological polar surface area (TPSA) is 97.0 Å². The summed E-state index contributed by atoms with van der Waals surface area (Å²) < 4.78 is 0. The summed E-state index contributed by atoms with van der Waals surface area (Å²) in [4.78, 5) is 26.8. The average molecular weight is 376 g/mol. The largest absolute Gasteiger partial charge is 0.363 e. The van der Waals surface area contributed by atoms with Gasteiger partial charge in [-0.1, -0.05) is 18.2 Å². The average Bonchev–Trinajstić information content (AvgIpc) is 3.17. The van der Waals surface area contributed by atoms with Gasteiger partial charge in [0.2, 0.25) is 5.82 Å². The molecule has 4 rings (SSSR count). The van der Waals surface area contributed by atoms with Crippen molar-refractivity contribution < 1.29 is 4.79 Å². The number of amides is 1. The molecule has 7 nitrogen and oxygen atoms in total. The molecule has 1 aromatic carbocycles. The van der Waals surface area contributed by atoms with Crippen molar-refractivity contribution in [1.29, 1.82) is 0 Å². The molecule has 1 aliphatic rings. The van der Waals surface area contributed by atoms with Crippen molar-refractivity contribution in [1.82, 2.24) is 20.3 Å². The van der Waals surface area contributed by atoms with Crippen LogP contribution in [0.2, 0.25) is 0 Å². The van der Waals surface area contributed by atoms with Gasteiger partial charge in [0.25, 0.3) is 5.91 Å². The summed E-state index contributed by atoms with van der Waals surface area (Å²) in [5.41, 5.74) is 9.43. The molecule has 0 aliphatic carbocycles. The number of aromatic nitrogens is 3. The molecule has 0 radical (unpaired) electrons. The number of hydrogen-bond acceptors (Lipinski definition) is 6. The van der Waals surface area contributed by atoms with E-state index in [2.05, 4.69) is 37.3 Å². The Bertz CT molecular complexity index is 1030. The zero-order chi connectivity index (χ0) is 19.7. The third-order valence-corrected chi connectivity index (χ3v) is 5.39. The minimum absolute atomic E-state index is 0.0813. The number of carbonyl (C=O) groups is 1. The highest BCUT2D eigenvalue weighted by molar-refractivity contribution is 5.89. The number of nitrogens with two attached hydrogens (primary N) is 1. The van der Waals surface area contributed by atoms with Crippen molar-refractivity contribution in [3.63, 3.8) is 0 Å². The van der Waals surface area contributed by atoms with Crippen LogP contribution in [-0.4, -0.2) is 40.0 Å². The van der Waals surface area contributed by atoms with Crippen LogP contribution in [0, 0.1) is 13.8 Å². The molecule has 1 amide bonds. The highest BCUT2D eigenvalue weighted by Gasteiger charge is 2.26. The summed E-state index contributed by atoms with van der Waals surface area (Å²) in [5, 5.41) is 4.84. The van der Waals surface area contributed by atoms with Crippen molar-refractivity contribution in [2.45, 2.75) is 32.9 Å². The van der Waals surface area contributed by atoms with Gasteiger partial charge in [0.15, 0.2) is 0 Å². The number of rotatable bonds is 5. The fourth-order valence-electron chi connectivity index (χ4n) is 3.73. The number of nitrogens with one attached hydrogen (secondary N) is 1. The molecule has 0 spiro atoms. The Hall–Kier alpha value is -3.06. The van der Waals surface area contributed by atoms with Gasteiger partial charge in [0.05, 0.1) is 5.52 Å². The molecular weight excluding hydrogens is 352 g/mol. The lowest BCUT2D eigenvalue weighted by molar-refractivity contribution is 0.0990. The predicted octanol–water partition coefficient (Wildman–Crippen LogP) is 2.11. The molecule has 3 N–H and O–H groups in total. The predicted molar refractivity (Wildman–Crippen MR) is 109 cm³/mol. The van der Waals surface area contributed by atoms with Crippen molar-refractivity contribution in [2.75, 3.05) is 18.0 Å². The van der Waals surface area contributed by atoms with Gasteiger partial charge < -0.3 is 16.0 Å². The van der Waals surface area contributed by atoms with Gasteiger partial charge in [-0.2, -0.15) is 0 Å². The number of hydrogen-bond donors (Lipinski definition) is 2. The van der Waals surface area contributed by atoms with Crippen LogP contribution in [0.1, 0.15) is 33.9 Å². The Balaban J connectivity index is 1.47. The lowest BCUT2D eigenvalue weighted by Gasteiger charge is -2.21. The number of aryl methyl sites for hydroxylation is 1. The van der Waals surface area contributed by atoms with Crippen LogP contribution in [0.15, 0.2) is 36.5 Å². The van der Waals surface area contributed by atoms with Crippen LogP contribution in [0.5, 0.6) is 0 Å². The molecule has 0 bridgehead atoms. The van der Waals surface area contributed by atoms with Gasteiger partial charge in [-0.25, -0.2) is 9.97 Å². The number of primary amides is 1. The molecule has 0 unspecified atom stereocenters. The van der Waals surface area contributed by atoms with Crippen LogP contribution in [0.25, 0.3) is 10.9 Å². The maximum Gasteiger partial charge on any atom is 0.286 e. The van der Waals surface area contributed by atoms with E-state index < -0.39 is 5.91 Å². The van der Waals surface area contributed by atoms with Crippen LogP contribution in [0.3, 0.4) is 0 Å². The van der Waals surface area contributed by atoms with E-state index in [1.807, 2.05) is 38.2 Å². The summed E-state index contributed by atoms with van der Waals surface area (Å²) in [6.45, 7) is 6.37. The summed E-state index contributed by atoms with van der Waals surface area (Å²) >= 11 is 0. The quantitative estimate of drug-likeness (QED) is 0.708. The molecule has 1 atom stereocenters. The fourth-order valence-corrected chi connectivity index (χ4v) is 3.73. The summed E-state index contributed by atoms with van der Waals surface area (Å²) in [6.07, 6.45) is 2.83. The van der Waals surface area contributed by atoms with Crippen molar-refractivity contribution in [3.8, 4) is 0 Å². The fraction of sp³-hybridized carbons (Fsp3) is 0.333. The van der Waals surface area contributed by atoms with Gasteiger partial charge in [-0.15, -0.1) is 0 Å². The Morgan fingerprint density at radius 3 is 2.93 bits per heavy atom. The number of pyridine rings is 1. The monoisotopic (exact) mass is 376 g/mol. The molecule has 0 saturated carbocycles. The number of fused-ring (bicyclic) bond motifs is 1. The minimum Gasteiger partial charge on any atom is -0.363 e. The zero-order valence-corrected chi connectivity index (χ0v) is 16.1. The third-order valence-electron chi connectivity index (χ3n) is 5.39. The first-order valence-corrected chi connectivity index (χ1v) is 9.49. The Kier molecular flexibility index (Phi) is 4.92. The number of nitrogens with zero attached hydrogens (tertiary/aromatic N) is 4. The molecule has 144 valence electrons. The van der Waals surface area contributed by atoms with Crippen molar-refractivity contribution >= 4 is 22.6 Å². The molecule has 1 fully saturated rings. The van der Waals surface area contributed by atoms with E-state index in [9.17, 15) is 4.79 Å². The maximum atomic E-state index is 11.5. The van der Waals surface area contributed by atoms with Gasteiger partial charge in [0.1, 0.15) is 5.82 Å². The van der Waals surface area contributed by atoms with Gasteiger partial charge in [-0.3, -0.25) is 9.78 Å². The van der Waals surface area contributed by atoms with E-state index in [1.165, 1.54) is 10.9 Å². The normalized spacial score (nSPS) is 16.6. The van der Waals surface area contributed by atoms with Crippen LogP contribution >= 0.6 is 0 Å². The molecular formula is C21H24N6O. The lowest BCUT2D eigenvalue weighted by atomic mass is 10.1. The van der Waals surface area contributed by atoms with Gasteiger partial charge in [-0.05, 0) is 38.0 Å². The SMILES string of the molecule is Cc1nc(C(N)=O)nc(N2CC[C@@H](NCc3cccc4ncccc34)C2)c1C. The van der Waals surface area contributed by atoms with Gasteiger partial charge >= 0.3 is 0 Å². The number of benzene rings is 1. The maximum absolute atomic E-state index is 11.5. The highest BCUT2D eigenvalue weighted by Crippen LogP contribution is 2.24. The first-order valence-electron chi connectivity index (χ1n) is 9.49. The highest BCUT2D eigenvalue weighted by atomic mass is 16.1. The second kappa shape index (κ2) is 7.52. The molecule has 7 heteroatoms. The van der Waals surface area contributed by atoms with Crippen molar-refractivity contribution in [2.24, 2.45) is 5.73 Å². The van der Waals surface area contributed by atoms with E-state index in [0.717, 1.165) is 48.6 Å². The Morgan fingerprint density at radius 1 is 1.25 bits per heavy atom. The molecule has 3 heterocycles. The van der Waals surface area contributed by atoms with Crippen LogP contribution in [-0.2, 0) is 6.54 Å². The number of carbonyl (C=O) groups excluding carboxylic acids is 1. The molecule has 1 aliphatic heterocycles. The summed E-state index contributed by atoms with van der Waals surface area (Å²) in [5.74, 6) is 0.292. The second-order valence-corrected chi connectivity index (χ2v) is 7.25. The standard InChI is InChI=1S/C21H24N6O/c1-13-14(2)25-20(19(22)28)26-21(13)27-10-8-16(12-27)24-11-15-5-3-7-18-17(15)6-4-9-23-18/h3-7,9,16,24H,8,10-12H2,1-2H3,(H2,22,28)/t16-/m1/s1. The number of anilines is 1. The summed E-state index contributed by atoms with van der Waals surface area (Å²) in [7, 11) is 0. The molecule has 3 aromatic rings. The van der Waals surface area contributed by atoms with E-state index in [4.69, 9.17) is 5.73 Å².